The van der Waals surface area contributed by atoms with E-state index in [1.54, 1.807) is 0 Å². The minimum Gasteiger partial charge on any atom is -0.369 e. The molecule has 3 nitrogen and oxygen atoms in total. The lowest BCUT2D eigenvalue weighted by atomic mass is 10.2. The molecule has 0 saturated carbocycles. The molecule has 0 radical (unpaired) electrons. The SMILES string of the molecule is CCNC(C)CN1CCN(c2cccc(C)c2)CC1. The second-order valence-electron chi connectivity index (χ2n) is 5.59. The van der Waals surface area contributed by atoms with Gasteiger partial charge < -0.3 is 10.2 Å². The third-order valence-corrected chi connectivity index (χ3v) is 3.82. The molecule has 19 heavy (non-hydrogen) atoms. The highest BCUT2D eigenvalue weighted by molar-refractivity contribution is 5.48. The largest absolute Gasteiger partial charge is 0.369 e. The van der Waals surface area contributed by atoms with Crippen LogP contribution in [0.2, 0.25) is 0 Å². The number of benzene rings is 1. The monoisotopic (exact) mass is 261 g/mol. The first-order valence-corrected chi connectivity index (χ1v) is 7.46. The molecule has 1 heterocycles. The zero-order valence-electron chi connectivity index (χ0n) is 12.5. The van der Waals surface area contributed by atoms with Crippen LogP contribution < -0.4 is 10.2 Å². The van der Waals surface area contributed by atoms with Gasteiger partial charge in [0.05, 0.1) is 0 Å². The second-order valence-corrected chi connectivity index (χ2v) is 5.59. The van der Waals surface area contributed by atoms with Crippen molar-refractivity contribution in [3.8, 4) is 0 Å². The highest BCUT2D eigenvalue weighted by Gasteiger charge is 2.18. The number of aryl methyl sites for hydroxylation is 1. The molecule has 1 saturated heterocycles. The fourth-order valence-electron chi connectivity index (χ4n) is 2.81. The maximum atomic E-state index is 3.49. The third-order valence-electron chi connectivity index (χ3n) is 3.82. The van der Waals surface area contributed by atoms with Crippen LogP contribution in [-0.4, -0.2) is 50.2 Å². The van der Waals surface area contributed by atoms with Crippen LogP contribution in [-0.2, 0) is 0 Å². The zero-order valence-corrected chi connectivity index (χ0v) is 12.5. The van der Waals surface area contributed by atoms with Crippen LogP contribution in [0.3, 0.4) is 0 Å². The predicted octanol–water partition coefficient (Wildman–Crippen LogP) is 2.12. The highest BCUT2D eigenvalue weighted by Crippen LogP contribution is 2.17. The van der Waals surface area contributed by atoms with Crippen LogP contribution in [0.5, 0.6) is 0 Å². The first-order chi connectivity index (χ1) is 9.19. The van der Waals surface area contributed by atoms with Crippen molar-refractivity contribution < 1.29 is 0 Å². The Kier molecular flexibility index (Phi) is 5.23. The average molecular weight is 261 g/mol. The fourth-order valence-corrected chi connectivity index (χ4v) is 2.81. The van der Waals surface area contributed by atoms with Crippen molar-refractivity contribution >= 4 is 5.69 Å². The molecular formula is C16H27N3. The van der Waals surface area contributed by atoms with Crippen LogP contribution >= 0.6 is 0 Å². The lowest BCUT2D eigenvalue weighted by molar-refractivity contribution is 0.235. The summed E-state index contributed by atoms with van der Waals surface area (Å²) in [7, 11) is 0. The highest BCUT2D eigenvalue weighted by atomic mass is 15.3. The minimum absolute atomic E-state index is 0.593. The van der Waals surface area contributed by atoms with Gasteiger partial charge in [0.1, 0.15) is 0 Å². The molecule has 1 atom stereocenters. The number of likely N-dealkylation sites (N-methyl/N-ethyl adjacent to an activating group) is 1. The van der Waals surface area contributed by atoms with Gasteiger partial charge in [-0.3, -0.25) is 4.90 Å². The molecule has 1 aromatic rings. The van der Waals surface area contributed by atoms with Gasteiger partial charge in [-0.05, 0) is 38.1 Å². The van der Waals surface area contributed by atoms with Crippen LogP contribution in [0.25, 0.3) is 0 Å². The summed E-state index contributed by atoms with van der Waals surface area (Å²) in [5.74, 6) is 0. The molecule has 3 heteroatoms. The molecule has 0 bridgehead atoms. The molecule has 1 fully saturated rings. The van der Waals surface area contributed by atoms with Crippen LogP contribution in [0.15, 0.2) is 24.3 Å². The van der Waals surface area contributed by atoms with Gasteiger partial charge in [-0.25, -0.2) is 0 Å². The van der Waals surface area contributed by atoms with E-state index in [-0.39, 0.29) is 0 Å². The molecule has 1 aliphatic rings. The molecule has 0 spiro atoms. The van der Waals surface area contributed by atoms with E-state index in [0.29, 0.717) is 6.04 Å². The summed E-state index contributed by atoms with van der Waals surface area (Å²) in [6.45, 7) is 13.5. The van der Waals surface area contributed by atoms with Gasteiger partial charge in [0.25, 0.3) is 0 Å². The summed E-state index contributed by atoms with van der Waals surface area (Å²) >= 11 is 0. The topological polar surface area (TPSA) is 18.5 Å². The van der Waals surface area contributed by atoms with Gasteiger partial charge in [-0.2, -0.15) is 0 Å². The molecule has 1 unspecified atom stereocenters. The molecule has 0 aromatic heterocycles. The molecule has 1 aliphatic heterocycles. The smallest absolute Gasteiger partial charge is 0.0369 e. The summed E-state index contributed by atoms with van der Waals surface area (Å²) < 4.78 is 0. The molecule has 0 amide bonds. The number of hydrogen-bond donors (Lipinski definition) is 1. The second kappa shape index (κ2) is 6.92. The number of nitrogens with zero attached hydrogens (tertiary/aromatic N) is 2. The summed E-state index contributed by atoms with van der Waals surface area (Å²) in [5.41, 5.74) is 2.72. The minimum atomic E-state index is 0.593. The van der Waals surface area contributed by atoms with Crippen molar-refractivity contribution in [3.63, 3.8) is 0 Å². The van der Waals surface area contributed by atoms with Crippen molar-refractivity contribution in [2.24, 2.45) is 0 Å². The number of piperazine rings is 1. The zero-order chi connectivity index (χ0) is 13.7. The van der Waals surface area contributed by atoms with Crippen LogP contribution in [0, 0.1) is 6.92 Å². The van der Waals surface area contributed by atoms with E-state index in [0.717, 1.165) is 26.2 Å². The standard InChI is InChI=1S/C16H27N3/c1-4-17-15(3)13-18-8-10-19(11-9-18)16-7-5-6-14(2)12-16/h5-7,12,15,17H,4,8-11,13H2,1-3H3. The van der Waals surface area contributed by atoms with Gasteiger partial charge in [0.2, 0.25) is 0 Å². The maximum absolute atomic E-state index is 3.49. The number of hydrogen-bond acceptors (Lipinski definition) is 3. The van der Waals surface area contributed by atoms with E-state index in [1.165, 1.54) is 24.3 Å². The van der Waals surface area contributed by atoms with Crippen LogP contribution in [0.1, 0.15) is 19.4 Å². The Labute approximate surface area is 117 Å². The van der Waals surface area contributed by atoms with Gasteiger partial charge in [0.15, 0.2) is 0 Å². The molecule has 2 rings (SSSR count). The lowest BCUT2D eigenvalue weighted by Gasteiger charge is -2.37. The van der Waals surface area contributed by atoms with E-state index in [9.17, 15) is 0 Å². The first-order valence-electron chi connectivity index (χ1n) is 7.46. The van der Waals surface area contributed by atoms with Crippen molar-refractivity contribution in [1.82, 2.24) is 10.2 Å². The molecule has 1 N–H and O–H groups in total. The summed E-state index contributed by atoms with van der Waals surface area (Å²) in [6.07, 6.45) is 0. The Bertz CT molecular complexity index is 383. The Morgan fingerprint density at radius 3 is 2.58 bits per heavy atom. The van der Waals surface area contributed by atoms with E-state index >= 15 is 0 Å². The summed E-state index contributed by atoms with van der Waals surface area (Å²) in [5, 5.41) is 3.49. The van der Waals surface area contributed by atoms with Crippen molar-refractivity contribution in [1.29, 1.82) is 0 Å². The Morgan fingerprint density at radius 1 is 1.21 bits per heavy atom. The molecule has 106 valence electrons. The van der Waals surface area contributed by atoms with Gasteiger partial charge >= 0.3 is 0 Å². The number of rotatable bonds is 5. The first kappa shape index (κ1) is 14.4. The maximum Gasteiger partial charge on any atom is 0.0369 e. The van der Waals surface area contributed by atoms with E-state index < -0.39 is 0 Å². The number of nitrogens with one attached hydrogen (secondary N) is 1. The van der Waals surface area contributed by atoms with Crippen molar-refractivity contribution in [2.75, 3.05) is 44.2 Å². The Morgan fingerprint density at radius 2 is 1.95 bits per heavy atom. The van der Waals surface area contributed by atoms with E-state index in [1.807, 2.05) is 0 Å². The van der Waals surface area contributed by atoms with Gasteiger partial charge in [-0.1, -0.05) is 19.1 Å². The quantitative estimate of drug-likeness (QED) is 0.876. The molecule has 1 aromatic carbocycles. The van der Waals surface area contributed by atoms with Crippen LogP contribution in [0.4, 0.5) is 5.69 Å². The molecule has 0 aliphatic carbocycles. The van der Waals surface area contributed by atoms with Crippen molar-refractivity contribution in [3.05, 3.63) is 29.8 Å². The van der Waals surface area contributed by atoms with Gasteiger partial charge in [0, 0.05) is 44.5 Å². The fraction of sp³-hybridized carbons (Fsp3) is 0.625. The van der Waals surface area contributed by atoms with Gasteiger partial charge in [-0.15, -0.1) is 0 Å². The van der Waals surface area contributed by atoms with E-state index in [4.69, 9.17) is 0 Å². The third kappa shape index (κ3) is 4.22. The Hall–Kier alpha value is -1.06. The average Bonchev–Trinajstić information content (AvgIpc) is 2.40. The summed E-state index contributed by atoms with van der Waals surface area (Å²) in [4.78, 5) is 5.07. The Balaban J connectivity index is 1.82. The lowest BCUT2D eigenvalue weighted by Crippen LogP contribution is -2.50. The van der Waals surface area contributed by atoms with E-state index in [2.05, 4.69) is 60.2 Å². The van der Waals surface area contributed by atoms with Crippen molar-refractivity contribution in [2.45, 2.75) is 26.8 Å². The molecular weight excluding hydrogens is 234 g/mol. The normalized spacial score (nSPS) is 18.6. The number of anilines is 1. The summed E-state index contributed by atoms with van der Waals surface area (Å²) in [6, 6.07) is 9.43. The predicted molar refractivity (Wildman–Crippen MR) is 83.0 cm³/mol.